The highest BCUT2D eigenvalue weighted by atomic mass is 15.3. The van der Waals surface area contributed by atoms with Crippen molar-refractivity contribution in [1.82, 2.24) is 19.7 Å². The molecule has 2 heterocycles. The summed E-state index contributed by atoms with van der Waals surface area (Å²) in [5.41, 5.74) is 2.41. The third-order valence-electron chi connectivity index (χ3n) is 3.98. The zero-order chi connectivity index (χ0) is 14.7. The normalized spacial score (nSPS) is 15.2. The first-order valence-corrected chi connectivity index (χ1v) is 7.88. The maximum Gasteiger partial charge on any atom is 0.163 e. The number of allylic oxidation sites excluding steroid dienone is 1. The van der Waals surface area contributed by atoms with Gasteiger partial charge in [-0.25, -0.2) is 9.97 Å². The summed E-state index contributed by atoms with van der Waals surface area (Å²) in [5, 5.41) is 8.82. The molecule has 0 saturated heterocycles. The Labute approximate surface area is 125 Å². The zero-order valence-corrected chi connectivity index (χ0v) is 12.9. The average Bonchev–Trinajstić information content (AvgIpc) is 2.88. The minimum Gasteiger partial charge on any atom is -0.366 e. The van der Waals surface area contributed by atoms with Gasteiger partial charge >= 0.3 is 0 Å². The highest BCUT2D eigenvalue weighted by Crippen LogP contribution is 2.22. The number of nitrogens with zero attached hydrogens (tertiary/aromatic N) is 4. The van der Waals surface area contributed by atoms with Crippen LogP contribution in [0.4, 0.5) is 5.82 Å². The van der Waals surface area contributed by atoms with Gasteiger partial charge in [-0.15, -0.1) is 0 Å². The molecule has 1 aliphatic carbocycles. The van der Waals surface area contributed by atoms with E-state index in [9.17, 15) is 0 Å². The Kier molecular flexibility index (Phi) is 4.18. The highest BCUT2D eigenvalue weighted by molar-refractivity contribution is 5.86. The highest BCUT2D eigenvalue weighted by Gasteiger charge is 2.12. The van der Waals surface area contributed by atoms with Crippen molar-refractivity contribution in [2.45, 2.75) is 45.4 Å². The van der Waals surface area contributed by atoms with Gasteiger partial charge in [-0.05, 0) is 32.1 Å². The van der Waals surface area contributed by atoms with Gasteiger partial charge in [0.25, 0.3) is 0 Å². The molecule has 1 aliphatic rings. The lowest BCUT2D eigenvalue weighted by molar-refractivity contribution is 0.695. The van der Waals surface area contributed by atoms with Gasteiger partial charge in [0.05, 0.1) is 11.6 Å². The lowest BCUT2D eigenvalue weighted by atomic mass is 10.00. The number of aromatic nitrogens is 4. The van der Waals surface area contributed by atoms with Crippen LogP contribution in [0.5, 0.6) is 0 Å². The van der Waals surface area contributed by atoms with Crippen LogP contribution in [-0.2, 0) is 13.5 Å². The summed E-state index contributed by atoms with van der Waals surface area (Å²) in [7, 11) is 1.93. The zero-order valence-electron chi connectivity index (χ0n) is 12.9. The van der Waals surface area contributed by atoms with Crippen LogP contribution in [0.1, 0.15) is 44.9 Å². The number of anilines is 1. The lowest BCUT2D eigenvalue weighted by Gasteiger charge is -2.14. The van der Waals surface area contributed by atoms with Crippen molar-refractivity contribution in [3.63, 3.8) is 0 Å². The summed E-state index contributed by atoms with van der Waals surface area (Å²) in [6, 6.07) is 0. The second kappa shape index (κ2) is 6.24. The Hall–Kier alpha value is -1.91. The molecule has 0 saturated carbocycles. The number of hydrogen-bond acceptors (Lipinski definition) is 4. The van der Waals surface area contributed by atoms with Gasteiger partial charge in [0.15, 0.2) is 5.65 Å². The Morgan fingerprint density at radius 3 is 2.95 bits per heavy atom. The Morgan fingerprint density at radius 2 is 2.19 bits per heavy atom. The van der Waals surface area contributed by atoms with Crippen LogP contribution in [0, 0.1) is 0 Å². The van der Waals surface area contributed by atoms with E-state index < -0.39 is 0 Å². The van der Waals surface area contributed by atoms with E-state index >= 15 is 0 Å². The minimum atomic E-state index is 0.882. The van der Waals surface area contributed by atoms with E-state index in [-0.39, 0.29) is 0 Å². The Bertz CT molecular complexity index is 656. The van der Waals surface area contributed by atoms with Crippen LogP contribution < -0.4 is 5.32 Å². The maximum absolute atomic E-state index is 4.69. The van der Waals surface area contributed by atoms with Crippen molar-refractivity contribution in [2.24, 2.45) is 7.05 Å². The van der Waals surface area contributed by atoms with Gasteiger partial charge in [-0.3, -0.25) is 4.68 Å². The van der Waals surface area contributed by atoms with Crippen LogP contribution in [0.15, 0.2) is 17.8 Å². The first kappa shape index (κ1) is 14.0. The molecule has 2 aromatic rings. The number of rotatable bonds is 5. The molecule has 0 amide bonds. The fourth-order valence-electron chi connectivity index (χ4n) is 2.80. The molecule has 1 N–H and O–H groups in total. The van der Waals surface area contributed by atoms with Crippen molar-refractivity contribution >= 4 is 16.9 Å². The molecule has 0 aliphatic heterocycles. The second-order valence-corrected chi connectivity index (χ2v) is 5.71. The molecule has 21 heavy (non-hydrogen) atoms. The van der Waals surface area contributed by atoms with E-state index in [0.29, 0.717) is 0 Å². The number of hydrogen-bond donors (Lipinski definition) is 1. The third-order valence-corrected chi connectivity index (χ3v) is 3.98. The fourth-order valence-corrected chi connectivity index (χ4v) is 2.80. The molecule has 0 fully saturated rings. The van der Waals surface area contributed by atoms with Crippen LogP contribution in [0.2, 0.25) is 0 Å². The summed E-state index contributed by atoms with van der Waals surface area (Å²) in [5.74, 6) is 1.82. The summed E-state index contributed by atoms with van der Waals surface area (Å²) < 4.78 is 1.82. The predicted molar refractivity (Wildman–Crippen MR) is 85.3 cm³/mol. The van der Waals surface area contributed by atoms with Gasteiger partial charge in [-0.2, -0.15) is 5.10 Å². The van der Waals surface area contributed by atoms with Crippen molar-refractivity contribution in [2.75, 3.05) is 11.9 Å². The molecule has 0 spiro atoms. The van der Waals surface area contributed by atoms with Gasteiger partial charge in [0.2, 0.25) is 0 Å². The van der Waals surface area contributed by atoms with Gasteiger partial charge < -0.3 is 5.32 Å². The quantitative estimate of drug-likeness (QED) is 0.857. The topological polar surface area (TPSA) is 55.6 Å². The minimum absolute atomic E-state index is 0.882. The van der Waals surface area contributed by atoms with E-state index in [0.717, 1.165) is 42.1 Å². The first-order chi connectivity index (χ1) is 10.3. The standard InChI is InChI=1S/C16H23N5/c1-3-7-14-19-15(13-11-18-21(2)16(13)20-14)17-10-12-8-5-4-6-9-12/h8,11H,3-7,9-10H2,1-2H3,(H,17,19,20). The van der Waals surface area contributed by atoms with Crippen LogP contribution >= 0.6 is 0 Å². The van der Waals surface area contributed by atoms with E-state index in [1.165, 1.54) is 31.3 Å². The molecular formula is C16H23N5. The van der Waals surface area contributed by atoms with E-state index in [4.69, 9.17) is 0 Å². The van der Waals surface area contributed by atoms with Crippen LogP contribution in [0.25, 0.3) is 11.0 Å². The summed E-state index contributed by atoms with van der Waals surface area (Å²) in [4.78, 5) is 9.30. The van der Waals surface area contributed by atoms with Crippen molar-refractivity contribution in [3.05, 3.63) is 23.7 Å². The van der Waals surface area contributed by atoms with Crippen LogP contribution in [0.3, 0.4) is 0 Å². The summed E-state index contributed by atoms with van der Waals surface area (Å²) >= 11 is 0. The molecule has 5 nitrogen and oxygen atoms in total. The summed E-state index contributed by atoms with van der Waals surface area (Å²) in [6.07, 6.45) is 11.2. The molecule has 3 rings (SSSR count). The second-order valence-electron chi connectivity index (χ2n) is 5.71. The Morgan fingerprint density at radius 1 is 1.29 bits per heavy atom. The molecule has 0 unspecified atom stereocenters. The van der Waals surface area contributed by atoms with E-state index in [2.05, 4.69) is 33.4 Å². The van der Waals surface area contributed by atoms with Crippen molar-refractivity contribution in [3.8, 4) is 0 Å². The molecule has 112 valence electrons. The summed E-state index contributed by atoms with van der Waals surface area (Å²) in [6.45, 7) is 3.03. The molecule has 0 aromatic carbocycles. The van der Waals surface area contributed by atoms with E-state index in [1.807, 2.05) is 17.9 Å². The van der Waals surface area contributed by atoms with Gasteiger partial charge in [0.1, 0.15) is 11.6 Å². The Balaban J connectivity index is 1.86. The smallest absolute Gasteiger partial charge is 0.163 e. The third kappa shape index (κ3) is 3.06. The van der Waals surface area contributed by atoms with Crippen LogP contribution in [-0.4, -0.2) is 26.3 Å². The monoisotopic (exact) mass is 285 g/mol. The molecule has 5 heteroatoms. The van der Waals surface area contributed by atoms with Gasteiger partial charge in [-0.1, -0.05) is 18.6 Å². The molecule has 0 atom stereocenters. The molecule has 2 aromatic heterocycles. The maximum atomic E-state index is 4.69. The van der Waals surface area contributed by atoms with E-state index in [1.54, 1.807) is 0 Å². The first-order valence-electron chi connectivity index (χ1n) is 7.88. The predicted octanol–water partition coefficient (Wildman–Crippen LogP) is 3.23. The SMILES string of the molecule is CCCc1nc(NCC2=CCCCC2)c2cnn(C)c2n1. The number of nitrogens with one attached hydrogen (secondary N) is 1. The van der Waals surface area contributed by atoms with Crippen molar-refractivity contribution in [1.29, 1.82) is 0 Å². The number of aryl methyl sites for hydroxylation is 2. The molecule has 0 radical (unpaired) electrons. The molecule has 0 bridgehead atoms. The lowest BCUT2D eigenvalue weighted by Crippen LogP contribution is -2.10. The van der Waals surface area contributed by atoms with Crippen molar-refractivity contribution < 1.29 is 0 Å². The average molecular weight is 285 g/mol. The van der Waals surface area contributed by atoms with Gasteiger partial charge in [0, 0.05) is 20.0 Å². The number of fused-ring (bicyclic) bond motifs is 1. The largest absolute Gasteiger partial charge is 0.366 e. The fraction of sp³-hybridized carbons (Fsp3) is 0.562. The molecular weight excluding hydrogens is 262 g/mol.